The zero-order chi connectivity index (χ0) is 24.3. The van der Waals surface area contributed by atoms with E-state index >= 15 is 0 Å². The molecule has 2 heterocycles. The number of rotatable bonds is 6. The van der Waals surface area contributed by atoms with Gasteiger partial charge in [0.2, 0.25) is 0 Å². The van der Waals surface area contributed by atoms with Crippen LogP contribution in [0.25, 0.3) is 0 Å². The summed E-state index contributed by atoms with van der Waals surface area (Å²) in [5.41, 5.74) is -1.95. The highest BCUT2D eigenvalue weighted by atomic mass is 19.4. The summed E-state index contributed by atoms with van der Waals surface area (Å²) in [5, 5.41) is 6.75. The molecule has 1 fully saturated rings. The number of alkyl halides is 6. The van der Waals surface area contributed by atoms with Crippen LogP contribution < -0.4 is 0 Å². The van der Waals surface area contributed by atoms with Gasteiger partial charge in [-0.3, -0.25) is 10.00 Å². The summed E-state index contributed by atoms with van der Waals surface area (Å²) in [6.07, 6.45) is -7.43. The molecule has 0 unspecified atom stereocenters. The molecular formula is C23H22F6N4O. The molecule has 2 aromatic carbocycles. The number of benzene rings is 2. The SMILES string of the molecule is FC(F)(F)c1cc(CO[C@@H]2CCCN(Cc3nc[nH]n3)[C@@H]2c2ccccc2)cc(C(F)(F)F)c1. The topological polar surface area (TPSA) is 54.0 Å². The fraction of sp³-hybridized carbons (Fsp3) is 0.391. The Labute approximate surface area is 191 Å². The summed E-state index contributed by atoms with van der Waals surface area (Å²) in [5.74, 6) is 0.578. The quantitative estimate of drug-likeness (QED) is 0.452. The van der Waals surface area contributed by atoms with Gasteiger partial charge in [-0.25, -0.2) is 4.98 Å². The molecule has 1 N–H and O–H groups in total. The third-order valence-corrected chi connectivity index (χ3v) is 5.74. The molecule has 11 heteroatoms. The predicted octanol–water partition coefficient (Wildman–Crippen LogP) is 5.76. The van der Waals surface area contributed by atoms with Crippen LogP contribution in [-0.4, -0.2) is 32.7 Å². The molecule has 182 valence electrons. The van der Waals surface area contributed by atoms with Gasteiger partial charge in [0.15, 0.2) is 5.82 Å². The maximum absolute atomic E-state index is 13.2. The summed E-state index contributed by atoms with van der Waals surface area (Å²) >= 11 is 0. The molecule has 0 spiro atoms. The van der Waals surface area contributed by atoms with Gasteiger partial charge in [-0.1, -0.05) is 30.3 Å². The van der Waals surface area contributed by atoms with Crippen LogP contribution in [0.1, 0.15) is 47.0 Å². The van der Waals surface area contributed by atoms with Crippen molar-refractivity contribution in [3.05, 3.63) is 82.9 Å². The smallest absolute Gasteiger partial charge is 0.372 e. The molecule has 0 bridgehead atoms. The predicted molar refractivity (Wildman–Crippen MR) is 110 cm³/mol. The van der Waals surface area contributed by atoms with E-state index in [4.69, 9.17) is 4.74 Å². The van der Waals surface area contributed by atoms with E-state index in [1.54, 1.807) is 0 Å². The zero-order valence-electron chi connectivity index (χ0n) is 17.9. The van der Waals surface area contributed by atoms with E-state index in [-0.39, 0.29) is 24.3 Å². The van der Waals surface area contributed by atoms with Crippen molar-refractivity contribution in [2.45, 2.75) is 50.5 Å². The standard InChI is InChI=1S/C23H22F6N4O/c24-22(25,26)17-9-15(10-18(11-17)23(27,28)29)13-34-19-7-4-8-33(12-20-30-14-31-32-20)21(19)16-5-2-1-3-6-16/h1-3,5-6,9-11,14,19,21H,4,7-8,12-13H2,(H,30,31,32)/t19-,21-/m1/s1. The third kappa shape index (κ3) is 5.76. The Bertz CT molecular complexity index is 1040. The number of H-pyrrole nitrogens is 1. The molecule has 0 aliphatic carbocycles. The molecule has 4 rings (SSSR count). The number of nitrogens with one attached hydrogen (secondary N) is 1. The number of hydrogen-bond donors (Lipinski definition) is 1. The Hall–Kier alpha value is -2.92. The number of piperidine rings is 1. The van der Waals surface area contributed by atoms with Crippen LogP contribution in [0.4, 0.5) is 26.3 Å². The largest absolute Gasteiger partial charge is 0.416 e. The highest BCUT2D eigenvalue weighted by molar-refractivity contribution is 5.33. The molecule has 0 saturated carbocycles. The van der Waals surface area contributed by atoms with Crippen LogP contribution in [-0.2, 0) is 30.2 Å². The number of aromatic nitrogens is 3. The fourth-order valence-corrected chi connectivity index (χ4v) is 4.25. The van der Waals surface area contributed by atoms with Gasteiger partial charge in [0.1, 0.15) is 6.33 Å². The van der Waals surface area contributed by atoms with E-state index in [1.165, 1.54) is 6.33 Å². The van der Waals surface area contributed by atoms with Crippen LogP contribution in [0.2, 0.25) is 0 Å². The van der Waals surface area contributed by atoms with Gasteiger partial charge in [-0.15, -0.1) is 0 Å². The minimum absolute atomic E-state index is 0.121. The van der Waals surface area contributed by atoms with E-state index < -0.39 is 29.6 Å². The van der Waals surface area contributed by atoms with E-state index in [9.17, 15) is 26.3 Å². The van der Waals surface area contributed by atoms with Crippen molar-refractivity contribution in [3.8, 4) is 0 Å². The number of ether oxygens (including phenoxy) is 1. The minimum Gasteiger partial charge on any atom is -0.372 e. The lowest BCUT2D eigenvalue weighted by Gasteiger charge is -2.41. The van der Waals surface area contributed by atoms with Crippen molar-refractivity contribution in [3.63, 3.8) is 0 Å². The highest BCUT2D eigenvalue weighted by Crippen LogP contribution is 2.38. The maximum atomic E-state index is 13.2. The first-order chi connectivity index (χ1) is 16.1. The van der Waals surface area contributed by atoms with Crippen LogP contribution in [0, 0.1) is 0 Å². The van der Waals surface area contributed by atoms with Gasteiger partial charge in [-0.2, -0.15) is 31.4 Å². The lowest BCUT2D eigenvalue weighted by molar-refractivity contribution is -0.143. The van der Waals surface area contributed by atoms with E-state index in [2.05, 4.69) is 20.1 Å². The molecule has 1 aromatic heterocycles. The van der Waals surface area contributed by atoms with Crippen molar-refractivity contribution in [2.24, 2.45) is 0 Å². The molecule has 1 aliphatic heterocycles. The summed E-state index contributed by atoms with van der Waals surface area (Å²) in [6.45, 7) is 0.760. The molecule has 0 radical (unpaired) electrons. The molecule has 3 aromatic rings. The molecular weight excluding hydrogens is 462 g/mol. The molecule has 34 heavy (non-hydrogen) atoms. The Morgan fingerprint density at radius 1 is 0.971 bits per heavy atom. The average molecular weight is 484 g/mol. The van der Waals surface area contributed by atoms with E-state index in [0.29, 0.717) is 30.9 Å². The lowest BCUT2D eigenvalue weighted by atomic mass is 9.92. The van der Waals surface area contributed by atoms with Crippen molar-refractivity contribution in [2.75, 3.05) is 6.54 Å². The van der Waals surface area contributed by atoms with Gasteiger partial charge < -0.3 is 4.74 Å². The number of nitrogens with zero attached hydrogens (tertiary/aromatic N) is 3. The fourth-order valence-electron chi connectivity index (χ4n) is 4.25. The number of halogens is 6. The van der Waals surface area contributed by atoms with Gasteiger partial charge in [0, 0.05) is 0 Å². The first-order valence-corrected chi connectivity index (χ1v) is 10.6. The number of hydrogen-bond acceptors (Lipinski definition) is 4. The zero-order valence-corrected chi connectivity index (χ0v) is 17.9. The second-order valence-corrected chi connectivity index (χ2v) is 8.15. The summed E-state index contributed by atoms with van der Waals surface area (Å²) in [7, 11) is 0. The van der Waals surface area contributed by atoms with E-state index in [1.807, 2.05) is 30.3 Å². The molecule has 1 saturated heterocycles. The summed E-state index contributed by atoms with van der Waals surface area (Å²) < 4.78 is 85.3. The van der Waals surface area contributed by atoms with Crippen molar-refractivity contribution in [1.29, 1.82) is 0 Å². The van der Waals surface area contributed by atoms with Crippen LogP contribution in [0.15, 0.2) is 54.9 Å². The monoisotopic (exact) mass is 484 g/mol. The molecule has 2 atom stereocenters. The second kappa shape index (κ2) is 9.75. The number of likely N-dealkylation sites (tertiary alicyclic amines) is 1. The molecule has 0 amide bonds. The Morgan fingerprint density at radius 2 is 1.65 bits per heavy atom. The third-order valence-electron chi connectivity index (χ3n) is 5.74. The Kier molecular flexibility index (Phi) is 6.94. The summed E-state index contributed by atoms with van der Waals surface area (Å²) in [4.78, 5) is 6.27. The Balaban J connectivity index is 1.59. The van der Waals surface area contributed by atoms with Gasteiger partial charge in [-0.05, 0) is 48.7 Å². The van der Waals surface area contributed by atoms with Crippen LogP contribution in [0.3, 0.4) is 0 Å². The van der Waals surface area contributed by atoms with Gasteiger partial charge >= 0.3 is 12.4 Å². The van der Waals surface area contributed by atoms with Gasteiger partial charge in [0.25, 0.3) is 0 Å². The molecule has 1 aliphatic rings. The van der Waals surface area contributed by atoms with Crippen LogP contribution >= 0.6 is 0 Å². The normalized spacial score (nSPS) is 19.9. The second-order valence-electron chi connectivity index (χ2n) is 8.15. The first kappa shape index (κ1) is 24.2. The number of aromatic amines is 1. The average Bonchev–Trinajstić information content (AvgIpc) is 3.30. The van der Waals surface area contributed by atoms with E-state index in [0.717, 1.165) is 18.5 Å². The van der Waals surface area contributed by atoms with Crippen molar-refractivity contribution < 1.29 is 31.1 Å². The summed E-state index contributed by atoms with van der Waals surface area (Å²) in [6, 6.07) is 10.7. The molecule has 5 nitrogen and oxygen atoms in total. The Morgan fingerprint density at radius 3 is 2.24 bits per heavy atom. The van der Waals surface area contributed by atoms with Crippen LogP contribution in [0.5, 0.6) is 0 Å². The first-order valence-electron chi connectivity index (χ1n) is 10.6. The lowest BCUT2D eigenvalue weighted by Crippen LogP contribution is -2.42. The van der Waals surface area contributed by atoms with Crippen molar-refractivity contribution in [1.82, 2.24) is 20.1 Å². The van der Waals surface area contributed by atoms with Crippen molar-refractivity contribution >= 4 is 0 Å². The maximum Gasteiger partial charge on any atom is 0.416 e. The van der Waals surface area contributed by atoms with Gasteiger partial charge in [0.05, 0.1) is 36.4 Å². The minimum atomic E-state index is -4.90. The highest BCUT2D eigenvalue weighted by Gasteiger charge is 2.38.